The van der Waals surface area contributed by atoms with Gasteiger partial charge in [0.2, 0.25) is 0 Å². The molecule has 0 aliphatic carbocycles. The summed E-state index contributed by atoms with van der Waals surface area (Å²) in [4.78, 5) is 11.2. The Hall–Kier alpha value is -1.85. The normalized spacial score (nSPS) is 10.3. The van der Waals surface area contributed by atoms with E-state index in [2.05, 4.69) is 0 Å². The predicted octanol–water partition coefficient (Wildman–Crippen LogP) is 3.04. The Bertz CT molecular complexity index is 521. The number of carbonyl (C=O) groups is 1. The number of thiophene rings is 1. The number of benzene rings is 1. The fourth-order valence-electron chi connectivity index (χ4n) is 1.55. The van der Waals surface area contributed by atoms with Gasteiger partial charge in [0.15, 0.2) is 0 Å². The van der Waals surface area contributed by atoms with E-state index < -0.39 is 5.97 Å². The van der Waals surface area contributed by atoms with Gasteiger partial charge in [0.25, 0.3) is 0 Å². The molecule has 0 aliphatic rings. The molecule has 19 heavy (non-hydrogen) atoms. The number of aromatic carboxylic acids is 1. The Morgan fingerprint density at radius 2 is 1.95 bits per heavy atom. The smallest absolute Gasteiger partial charge is 0.346 e. The van der Waals surface area contributed by atoms with Gasteiger partial charge in [-0.05, 0) is 23.6 Å². The third kappa shape index (κ3) is 4.08. The summed E-state index contributed by atoms with van der Waals surface area (Å²) in [7, 11) is 0. The Morgan fingerprint density at radius 1 is 1.16 bits per heavy atom. The Labute approximate surface area is 115 Å². The minimum absolute atomic E-state index is 0.295. The van der Waals surface area contributed by atoms with Crippen LogP contribution in [0.4, 0.5) is 0 Å². The summed E-state index contributed by atoms with van der Waals surface area (Å²) in [5.74, 6) is -0.109. The number of carboxylic acid groups (broad SMARTS) is 1. The molecule has 4 nitrogen and oxygen atoms in total. The highest BCUT2D eigenvalue weighted by Crippen LogP contribution is 2.17. The van der Waals surface area contributed by atoms with Crippen LogP contribution in [0, 0.1) is 0 Å². The summed E-state index contributed by atoms with van der Waals surface area (Å²) < 4.78 is 10.9. The predicted molar refractivity (Wildman–Crippen MR) is 72.9 cm³/mol. The molecular weight excluding hydrogens is 264 g/mol. The number of hydrogen-bond acceptors (Lipinski definition) is 4. The first kappa shape index (κ1) is 13.6. The Morgan fingerprint density at radius 3 is 2.68 bits per heavy atom. The molecular formula is C14H14O4S. The number of carboxylic acids is 1. The van der Waals surface area contributed by atoms with Gasteiger partial charge in [0.1, 0.15) is 17.2 Å². The molecule has 5 heteroatoms. The van der Waals surface area contributed by atoms with Crippen LogP contribution in [-0.2, 0) is 11.3 Å². The minimum atomic E-state index is -0.908. The fourth-order valence-corrected chi connectivity index (χ4v) is 2.30. The first-order valence-electron chi connectivity index (χ1n) is 5.82. The van der Waals surface area contributed by atoms with Crippen molar-refractivity contribution in [1.29, 1.82) is 0 Å². The molecule has 2 rings (SSSR count). The molecule has 0 saturated carbocycles. The molecule has 0 saturated heterocycles. The highest BCUT2D eigenvalue weighted by atomic mass is 32.1. The van der Waals surface area contributed by atoms with Gasteiger partial charge in [-0.15, -0.1) is 11.3 Å². The number of rotatable bonds is 7. The molecule has 0 radical (unpaired) electrons. The van der Waals surface area contributed by atoms with E-state index in [4.69, 9.17) is 14.6 Å². The molecule has 0 atom stereocenters. The lowest BCUT2D eigenvalue weighted by atomic mass is 10.3. The van der Waals surface area contributed by atoms with Gasteiger partial charge in [-0.25, -0.2) is 4.79 Å². The molecule has 0 bridgehead atoms. The molecule has 1 aromatic carbocycles. The zero-order valence-electron chi connectivity index (χ0n) is 10.2. The lowest BCUT2D eigenvalue weighted by Crippen LogP contribution is -2.07. The lowest BCUT2D eigenvalue weighted by molar-refractivity contribution is 0.0685. The van der Waals surface area contributed by atoms with Gasteiger partial charge in [0, 0.05) is 5.56 Å². The SMILES string of the molecule is O=C(O)c1sccc1COCCOc1ccccc1. The number of ether oxygens (including phenoxy) is 2. The third-order valence-corrected chi connectivity index (χ3v) is 3.38. The first-order chi connectivity index (χ1) is 9.27. The second-order valence-corrected chi connectivity index (χ2v) is 4.71. The van der Waals surface area contributed by atoms with Crippen LogP contribution in [-0.4, -0.2) is 24.3 Å². The van der Waals surface area contributed by atoms with E-state index in [1.165, 1.54) is 11.3 Å². The topological polar surface area (TPSA) is 55.8 Å². The van der Waals surface area contributed by atoms with Crippen LogP contribution in [0.3, 0.4) is 0 Å². The van der Waals surface area contributed by atoms with Crippen LogP contribution in [0.2, 0.25) is 0 Å². The summed E-state index contributed by atoms with van der Waals surface area (Å²) >= 11 is 1.21. The maximum Gasteiger partial charge on any atom is 0.346 e. The summed E-state index contributed by atoms with van der Waals surface area (Å²) in [6.07, 6.45) is 0. The van der Waals surface area contributed by atoms with Crippen molar-refractivity contribution in [3.05, 3.63) is 52.2 Å². The van der Waals surface area contributed by atoms with E-state index in [9.17, 15) is 4.79 Å². The minimum Gasteiger partial charge on any atom is -0.491 e. The maximum atomic E-state index is 10.9. The summed E-state index contributed by atoms with van der Waals surface area (Å²) in [5, 5.41) is 10.7. The van der Waals surface area contributed by atoms with E-state index in [-0.39, 0.29) is 0 Å². The van der Waals surface area contributed by atoms with Crippen molar-refractivity contribution in [2.24, 2.45) is 0 Å². The highest BCUT2D eigenvalue weighted by molar-refractivity contribution is 7.12. The van der Waals surface area contributed by atoms with Crippen LogP contribution in [0.5, 0.6) is 5.75 Å². The first-order valence-corrected chi connectivity index (χ1v) is 6.70. The van der Waals surface area contributed by atoms with Crippen LogP contribution in [0.15, 0.2) is 41.8 Å². The van der Waals surface area contributed by atoms with Crippen LogP contribution < -0.4 is 4.74 Å². The summed E-state index contributed by atoms with van der Waals surface area (Å²) in [6.45, 7) is 1.16. The van der Waals surface area contributed by atoms with Gasteiger partial charge in [-0.3, -0.25) is 0 Å². The quantitative estimate of drug-likeness (QED) is 0.791. The lowest BCUT2D eigenvalue weighted by Gasteiger charge is -2.06. The molecule has 2 aromatic rings. The number of para-hydroxylation sites is 1. The summed E-state index contributed by atoms with van der Waals surface area (Å²) in [5.41, 5.74) is 0.706. The van der Waals surface area contributed by atoms with E-state index in [1.807, 2.05) is 30.3 Å². The van der Waals surface area contributed by atoms with Crippen LogP contribution >= 0.6 is 11.3 Å². The van der Waals surface area contributed by atoms with Crippen molar-refractivity contribution >= 4 is 17.3 Å². The second kappa shape index (κ2) is 6.92. The monoisotopic (exact) mass is 278 g/mol. The van der Waals surface area contributed by atoms with E-state index in [0.717, 1.165) is 5.75 Å². The van der Waals surface area contributed by atoms with Crippen molar-refractivity contribution in [3.8, 4) is 5.75 Å². The molecule has 1 aromatic heterocycles. The molecule has 100 valence electrons. The third-order valence-electron chi connectivity index (χ3n) is 2.44. The average molecular weight is 278 g/mol. The zero-order valence-corrected chi connectivity index (χ0v) is 11.1. The summed E-state index contributed by atoms with van der Waals surface area (Å²) in [6, 6.07) is 11.3. The Balaban J connectivity index is 1.70. The van der Waals surface area contributed by atoms with Gasteiger partial charge in [-0.1, -0.05) is 18.2 Å². The largest absolute Gasteiger partial charge is 0.491 e. The van der Waals surface area contributed by atoms with Crippen LogP contribution in [0.25, 0.3) is 0 Å². The standard InChI is InChI=1S/C14H14O4S/c15-14(16)13-11(6-9-19-13)10-17-7-8-18-12-4-2-1-3-5-12/h1-6,9H,7-8,10H2,(H,15,16). The van der Waals surface area contributed by atoms with Gasteiger partial charge < -0.3 is 14.6 Å². The van der Waals surface area contributed by atoms with Crippen LogP contribution in [0.1, 0.15) is 15.2 Å². The van der Waals surface area contributed by atoms with Crippen molar-refractivity contribution < 1.29 is 19.4 Å². The average Bonchev–Trinajstić information content (AvgIpc) is 2.88. The molecule has 1 N–H and O–H groups in total. The second-order valence-electron chi connectivity index (χ2n) is 3.79. The van der Waals surface area contributed by atoms with Crippen molar-refractivity contribution in [3.63, 3.8) is 0 Å². The number of hydrogen-bond donors (Lipinski definition) is 1. The molecule has 0 unspecified atom stereocenters. The fraction of sp³-hybridized carbons (Fsp3) is 0.214. The molecule has 0 amide bonds. The van der Waals surface area contributed by atoms with Gasteiger partial charge >= 0.3 is 5.97 Å². The zero-order chi connectivity index (χ0) is 13.5. The van der Waals surface area contributed by atoms with Crippen molar-refractivity contribution in [2.45, 2.75) is 6.61 Å². The highest BCUT2D eigenvalue weighted by Gasteiger charge is 2.11. The van der Waals surface area contributed by atoms with Gasteiger partial charge in [0.05, 0.1) is 13.2 Å². The maximum absolute atomic E-state index is 10.9. The van der Waals surface area contributed by atoms with Crippen molar-refractivity contribution in [2.75, 3.05) is 13.2 Å². The molecule has 0 aliphatic heterocycles. The molecule has 0 fully saturated rings. The van der Waals surface area contributed by atoms with E-state index >= 15 is 0 Å². The molecule has 1 heterocycles. The van der Waals surface area contributed by atoms with Crippen molar-refractivity contribution in [1.82, 2.24) is 0 Å². The Kier molecular flexibility index (Phi) is 4.94. The molecule has 0 spiro atoms. The van der Waals surface area contributed by atoms with E-state index in [0.29, 0.717) is 30.3 Å². The van der Waals surface area contributed by atoms with Gasteiger partial charge in [-0.2, -0.15) is 0 Å². The van der Waals surface area contributed by atoms with E-state index in [1.54, 1.807) is 11.4 Å².